The molecule has 0 unspecified atom stereocenters. The third-order valence-corrected chi connectivity index (χ3v) is 6.58. The minimum atomic E-state index is -2.82. The first-order valence-corrected chi connectivity index (χ1v) is 11.5. The van der Waals surface area contributed by atoms with Crippen molar-refractivity contribution in [3.8, 4) is 5.75 Å². The van der Waals surface area contributed by atoms with Crippen LogP contribution in [0.5, 0.6) is 5.75 Å². The molecule has 1 saturated heterocycles. The van der Waals surface area contributed by atoms with Crippen molar-refractivity contribution < 1.29 is 13.2 Å². The van der Waals surface area contributed by atoms with Crippen molar-refractivity contribution in [2.45, 2.75) is 19.4 Å². The number of guanidine groups is 1. The van der Waals surface area contributed by atoms with Crippen LogP contribution in [0.15, 0.2) is 29.3 Å². The third-order valence-electron chi connectivity index (χ3n) is 4.97. The molecule has 0 atom stereocenters. The SMILES string of the molecule is CN=C(NCCN1CCS(=O)(=O)CC1)NCc1ccccc1OCC1CC1. The summed E-state index contributed by atoms with van der Waals surface area (Å²) in [6, 6.07) is 8.09. The number of rotatable bonds is 8. The molecule has 0 bridgehead atoms. The topological polar surface area (TPSA) is 83.0 Å². The third kappa shape index (κ3) is 6.70. The quantitative estimate of drug-likeness (QED) is 0.503. The molecule has 1 aromatic rings. The molecule has 3 rings (SSSR count). The molecular weight excluding hydrogens is 364 g/mol. The van der Waals surface area contributed by atoms with E-state index in [1.807, 2.05) is 18.2 Å². The number of hydrogen-bond donors (Lipinski definition) is 2. The van der Waals surface area contributed by atoms with Gasteiger partial charge in [0.2, 0.25) is 0 Å². The van der Waals surface area contributed by atoms with Gasteiger partial charge in [-0.2, -0.15) is 0 Å². The molecule has 0 amide bonds. The molecular formula is C19H30N4O3S. The Kier molecular flexibility index (Phi) is 6.95. The summed E-state index contributed by atoms with van der Waals surface area (Å²) >= 11 is 0. The molecule has 1 aromatic carbocycles. The van der Waals surface area contributed by atoms with Crippen LogP contribution in [0.3, 0.4) is 0 Å². The molecule has 0 radical (unpaired) electrons. The Bertz CT molecular complexity index is 733. The molecule has 7 nitrogen and oxygen atoms in total. The summed E-state index contributed by atoms with van der Waals surface area (Å²) in [6.45, 7) is 4.19. The lowest BCUT2D eigenvalue weighted by molar-refractivity contribution is 0.296. The monoisotopic (exact) mass is 394 g/mol. The predicted octanol–water partition coefficient (Wildman–Crippen LogP) is 0.871. The maximum atomic E-state index is 11.5. The smallest absolute Gasteiger partial charge is 0.191 e. The van der Waals surface area contributed by atoms with E-state index in [1.165, 1.54) is 12.8 Å². The van der Waals surface area contributed by atoms with E-state index in [9.17, 15) is 8.42 Å². The second kappa shape index (κ2) is 9.41. The summed E-state index contributed by atoms with van der Waals surface area (Å²) in [5, 5.41) is 6.62. The summed E-state index contributed by atoms with van der Waals surface area (Å²) in [5.41, 5.74) is 1.11. The van der Waals surface area contributed by atoms with Gasteiger partial charge in [0, 0.05) is 45.3 Å². The second-order valence-electron chi connectivity index (χ2n) is 7.21. The van der Waals surface area contributed by atoms with E-state index >= 15 is 0 Å². The summed E-state index contributed by atoms with van der Waals surface area (Å²) in [6.07, 6.45) is 2.56. The van der Waals surface area contributed by atoms with E-state index in [2.05, 4.69) is 26.6 Å². The fourth-order valence-electron chi connectivity index (χ4n) is 2.99. The Hall–Kier alpha value is -1.80. The van der Waals surface area contributed by atoms with Gasteiger partial charge < -0.3 is 15.4 Å². The number of benzene rings is 1. The van der Waals surface area contributed by atoms with Gasteiger partial charge in [-0.25, -0.2) is 8.42 Å². The number of sulfone groups is 1. The van der Waals surface area contributed by atoms with E-state index < -0.39 is 9.84 Å². The average Bonchev–Trinajstić information content (AvgIpc) is 3.49. The highest BCUT2D eigenvalue weighted by Crippen LogP contribution is 2.30. The maximum absolute atomic E-state index is 11.5. The van der Waals surface area contributed by atoms with Crippen LogP contribution in [-0.4, -0.2) is 70.6 Å². The van der Waals surface area contributed by atoms with Gasteiger partial charge in [-0.1, -0.05) is 18.2 Å². The predicted molar refractivity (Wildman–Crippen MR) is 108 cm³/mol. The molecule has 2 N–H and O–H groups in total. The van der Waals surface area contributed by atoms with Crippen molar-refractivity contribution >= 4 is 15.8 Å². The molecule has 1 aliphatic heterocycles. The Balaban J connectivity index is 1.40. The van der Waals surface area contributed by atoms with E-state index in [-0.39, 0.29) is 11.5 Å². The molecule has 2 aliphatic rings. The summed E-state index contributed by atoms with van der Waals surface area (Å²) in [4.78, 5) is 6.43. The minimum absolute atomic E-state index is 0.262. The molecule has 0 spiro atoms. The fraction of sp³-hybridized carbons (Fsp3) is 0.632. The van der Waals surface area contributed by atoms with E-state index in [0.717, 1.165) is 42.9 Å². The van der Waals surface area contributed by atoms with Crippen LogP contribution < -0.4 is 15.4 Å². The first kappa shape index (κ1) is 19.9. The molecule has 0 aromatic heterocycles. The van der Waals surface area contributed by atoms with Crippen LogP contribution in [0.4, 0.5) is 0 Å². The number of hydrogen-bond acceptors (Lipinski definition) is 5. The molecule has 1 heterocycles. The lowest BCUT2D eigenvalue weighted by Gasteiger charge is -2.26. The van der Waals surface area contributed by atoms with Crippen molar-refractivity contribution in [2.24, 2.45) is 10.9 Å². The van der Waals surface area contributed by atoms with Gasteiger partial charge in [0.1, 0.15) is 5.75 Å². The normalized spacial score (nSPS) is 20.3. The Labute approximate surface area is 162 Å². The lowest BCUT2D eigenvalue weighted by Crippen LogP contribution is -2.45. The number of aliphatic imine (C=N–C) groups is 1. The van der Waals surface area contributed by atoms with Crippen molar-refractivity contribution in [2.75, 3.05) is 51.3 Å². The van der Waals surface area contributed by atoms with Crippen molar-refractivity contribution in [3.63, 3.8) is 0 Å². The van der Waals surface area contributed by atoms with Crippen LogP contribution in [-0.2, 0) is 16.4 Å². The average molecular weight is 395 g/mol. The van der Waals surface area contributed by atoms with Gasteiger partial charge in [-0.05, 0) is 24.8 Å². The first-order valence-electron chi connectivity index (χ1n) is 9.64. The van der Waals surface area contributed by atoms with E-state index in [4.69, 9.17) is 4.74 Å². The molecule has 150 valence electrons. The van der Waals surface area contributed by atoms with Crippen LogP contribution in [0.1, 0.15) is 18.4 Å². The van der Waals surface area contributed by atoms with Crippen molar-refractivity contribution in [1.29, 1.82) is 0 Å². The van der Waals surface area contributed by atoms with Gasteiger partial charge in [-0.15, -0.1) is 0 Å². The molecule has 27 heavy (non-hydrogen) atoms. The van der Waals surface area contributed by atoms with Gasteiger partial charge in [0.05, 0.1) is 18.1 Å². The Morgan fingerprint density at radius 3 is 2.67 bits per heavy atom. The zero-order chi connectivity index (χ0) is 19.1. The highest BCUT2D eigenvalue weighted by atomic mass is 32.2. The summed E-state index contributed by atoms with van der Waals surface area (Å²) in [7, 11) is -1.07. The van der Waals surface area contributed by atoms with Gasteiger partial charge in [-0.3, -0.25) is 9.89 Å². The van der Waals surface area contributed by atoms with Gasteiger partial charge in [0.25, 0.3) is 0 Å². The number of para-hydroxylation sites is 1. The van der Waals surface area contributed by atoms with Gasteiger partial charge >= 0.3 is 0 Å². The Morgan fingerprint density at radius 2 is 1.96 bits per heavy atom. The van der Waals surface area contributed by atoms with Gasteiger partial charge in [0.15, 0.2) is 15.8 Å². The lowest BCUT2D eigenvalue weighted by atomic mass is 10.2. The summed E-state index contributed by atoms with van der Waals surface area (Å²) in [5.74, 6) is 2.92. The number of nitrogens with zero attached hydrogens (tertiary/aromatic N) is 2. The summed E-state index contributed by atoms with van der Waals surface area (Å²) < 4.78 is 28.9. The fourth-order valence-corrected chi connectivity index (χ4v) is 4.27. The van der Waals surface area contributed by atoms with Crippen LogP contribution in [0.25, 0.3) is 0 Å². The minimum Gasteiger partial charge on any atom is -0.493 e. The molecule has 2 fully saturated rings. The standard InChI is InChI=1S/C19H30N4O3S/c1-20-19(21-8-9-23-10-12-27(24,25)13-11-23)22-14-17-4-2-3-5-18(17)26-15-16-6-7-16/h2-5,16H,6-15H2,1H3,(H2,20,21,22). The Morgan fingerprint density at radius 1 is 1.22 bits per heavy atom. The molecule has 1 saturated carbocycles. The largest absolute Gasteiger partial charge is 0.493 e. The maximum Gasteiger partial charge on any atom is 0.191 e. The number of nitrogens with one attached hydrogen (secondary N) is 2. The van der Waals surface area contributed by atoms with Crippen LogP contribution in [0.2, 0.25) is 0 Å². The molecule has 1 aliphatic carbocycles. The van der Waals surface area contributed by atoms with E-state index in [1.54, 1.807) is 7.05 Å². The van der Waals surface area contributed by atoms with Crippen LogP contribution in [0, 0.1) is 5.92 Å². The zero-order valence-electron chi connectivity index (χ0n) is 16.0. The second-order valence-corrected chi connectivity index (χ2v) is 9.51. The van der Waals surface area contributed by atoms with Crippen molar-refractivity contribution in [3.05, 3.63) is 29.8 Å². The van der Waals surface area contributed by atoms with Crippen molar-refractivity contribution in [1.82, 2.24) is 15.5 Å². The molecule has 8 heteroatoms. The number of ether oxygens (including phenoxy) is 1. The highest BCUT2D eigenvalue weighted by Gasteiger charge is 2.22. The van der Waals surface area contributed by atoms with Crippen LogP contribution >= 0.6 is 0 Å². The zero-order valence-corrected chi connectivity index (χ0v) is 16.8. The van der Waals surface area contributed by atoms with E-state index in [0.29, 0.717) is 19.6 Å². The first-order chi connectivity index (χ1) is 13.1. The highest BCUT2D eigenvalue weighted by molar-refractivity contribution is 7.91.